The van der Waals surface area contributed by atoms with Gasteiger partial charge in [0.1, 0.15) is 18.0 Å². The van der Waals surface area contributed by atoms with Crippen molar-refractivity contribution in [2.75, 3.05) is 11.1 Å². The van der Waals surface area contributed by atoms with Gasteiger partial charge in [0.15, 0.2) is 14.9 Å². The van der Waals surface area contributed by atoms with Gasteiger partial charge in [-0.3, -0.25) is 0 Å². The Morgan fingerprint density at radius 2 is 2.09 bits per heavy atom. The molecule has 0 bridgehead atoms. The Kier molecular flexibility index (Phi) is 5.32. The third-order valence-corrected chi connectivity index (χ3v) is 7.52. The van der Waals surface area contributed by atoms with Gasteiger partial charge in [-0.2, -0.15) is 5.26 Å². The van der Waals surface area contributed by atoms with E-state index in [1.54, 1.807) is 12.4 Å². The number of nitrogens with zero attached hydrogens (tertiary/aromatic N) is 4. The standard InChI is InChI=1S/C22H20N6O4S/c23-8-13-1-3-24-19(7-13)33(30,31)12-14-5-15(6-14)28-20-17-2-4-25-21(17)26-10-18(20)22-27-9-16(11-29)32-22/h1-4,7,9-10,14-15,29H,5-6,11-12H2,(H2,25,26,28). The summed E-state index contributed by atoms with van der Waals surface area (Å²) in [5.74, 6) is 0.664. The zero-order chi connectivity index (χ0) is 23.0. The zero-order valence-corrected chi connectivity index (χ0v) is 18.2. The fourth-order valence-corrected chi connectivity index (χ4v) is 5.66. The topological polar surface area (TPSA) is 158 Å². The lowest BCUT2D eigenvalue weighted by Crippen LogP contribution is -2.39. The average molecular weight is 465 g/mol. The fourth-order valence-electron chi connectivity index (χ4n) is 4.07. The number of H-pyrrole nitrogens is 1. The van der Waals surface area contributed by atoms with Crippen LogP contribution in [0.15, 0.2) is 52.4 Å². The lowest BCUT2D eigenvalue weighted by molar-refractivity contribution is 0.248. The maximum atomic E-state index is 12.7. The van der Waals surface area contributed by atoms with Crippen molar-refractivity contribution in [2.45, 2.75) is 30.5 Å². The second-order valence-electron chi connectivity index (χ2n) is 8.03. The predicted molar refractivity (Wildman–Crippen MR) is 119 cm³/mol. The Morgan fingerprint density at radius 1 is 1.24 bits per heavy atom. The Labute approximate surface area is 189 Å². The number of aliphatic hydroxyl groups excluding tert-OH is 1. The molecule has 168 valence electrons. The summed E-state index contributed by atoms with van der Waals surface area (Å²) in [4.78, 5) is 15.7. The number of rotatable bonds is 7. The van der Waals surface area contributed by atoms with E-state index in [1.165, 1.54) is 24.5 Å². The summed E-state index contributed by atoms with van der Waals surface area (Å²) in [6.07, 6.45) is 7.59. The Bertz CT molecular complexity index is 1460. The van der Waals surface area contributed by atoms with Crippen LogP contribution in [0.3, 0.4) is 0 Å². The third kappa shape index (κ3) is 4.06. The molecule has 4 heterocycles. The molecule has 1 fully saturated rings. The summed E-state index contributed by atoms with van der Waals surface area (Å²) >= 11 is 0. The molecule has 10 nitrogen and oxygen atoms in total. The number of hydrogen-bond acceptors (Lipinski definition) is 9. The van der Waals surface area contributed by atoms with E-state index in [-0.39, 0.29) is 34.9 Å². The molecule has 0 atom stereocenters. The van der Waals surface area contributed by atoms with Crippen LogP contribution in [-0.2, 0) is 16.4 Å². The van der Waals surface area contributed by atoms with Crippen molar-refractivity contribution < 1.29 is 17.9 Å². The number of aromatic amines is 1. The van der Waals surface area contributed by atoms with Gasteiger partial charge in [-0.1, -0.05) is 0 Å². The van der Waals surface area contributed by atoms with Crippen LogP contribution in [-0.4, -0.2) is 45.3 Å². The van der Waals surface area contributed by atoms with Crippen LogP contribution in [0.1, 0.15) is 24.2 Å². The SMILES string of the molecule is N#Cc1ccnc(S(=O)(=O)CC2CC(Nc3c(-c4ncc(CO)o4)cnc4[nH]ccc34)C2)c1. The fraction of sp³-hybridized carbons (Fsp3) is 0.273. The second kappa shape index (κ2) is 8.31. The number of fused-ring (bicyclic) bond motifs is 1. The molecule has 0 spiro atoms. The predicted octanol–water partition coefficient (Wildman–Crippen LogP) is 2.64. The lowest BCUT2D eigenvalue weighted by Gasteiger charge is -2.36. The maximum absolute atomic E-state index is 12.7. The van der Waals surface area contributed by atoms with Gasteiger partial charge in [0.05, 0.1) is 34.8 Å². The molecule has 0 radical (unpaired) electrons. The number of pyridine rings is 2. The molecule has 0 amide bonds. The average Bonchev–Trinajstić information content (AvgIpc) is 3.47. The molecule has 33 heavy (non-hydrogen) atoms. The molecule has 4 aromatic heterocycles. The Balaban J connectivity index is 1.32. The number of aliphatic hydroxyl groups is 1. The highest BCUT2D eigenvalue weighted by atomic mass is 32.2. The highest BCUT2D eigenvalue weighted by Gasteiger charge is 2.34. The maximum Gasteiger partial charge on any atom is 0.230 e. The number of nitriles is 1. The minimum Gasteiger partial charge on any atom is -0.439 e. The van der Waals surface area contributed by atoms with Crippen molar-refractivity contribution in [1.82, 2.24) is 19.9 Å². The molecule has 3 N–H and O–H groups in total. The van der Waals surface area contributed by atoms with Crippen LogP contribution >= 0.6 is 0 Å². The van der Waals surface area contributed by atoms with Crippen molar-refractivity contribution in [2.24, 2.45) is 5.92 Å². The van der Waals surface area contributed by atoms with E-state index in [9.17, 15) is 13.5 Å². The zero-order valence-electron chi connectivity index (χ0n) is 17.4. The van der Waals surface area contributed by atoms with Gasteiger partial charge in [-0.15, -0.1) is 0 Å². The molecule has 11 heteroatoms. The van der Waals surface area contributed by atoms with Crippen molar-refractivity contribution in [3.8, 4) is 17.5 Å². The minimum atomic E-state index is -3.58. The molecular weight excluding hydrogens is 444 g/mol. The van der Waals surface area contributed by atoms with Crippen molar-refractivity contribution in [3.63, 3.8) is 0 Å². The Hall–Kier alpha value is -3.75. The molecule has 5 rings (SSSR count). The Morgan fingerprint density at radius 3 is 2.85 bits per heavy atom. The van der Waals surface area contributed by atoms with Gasteiger partial charge >= 0.3 is 0 Å². The van der Waals surface area contributed by atoms with Crippen molar-refractivity contribution in [1.29, 1.82) is 5.26 Å². The van der Waals surface area contributed by atoms with Gasteiger partial charge < -0.3 is 19.8 Å². The van der Waals surface area contributed by atoms with Gasteiger partial charge in [0.25, 0.3) is 0 Å². The summed E-state index contributed by atoms with van der Waals surface area (Å²) in [5, 5.41) is 22.6. The van der Waals surface area contributed by atoms with Gasteiger partial charge in [-0.25, -0.2) is 23.4 Å². The summed E-state index contributed by atoms with van der Waals surface area (Å²) < 4.78 is 31.1. The molecule has 1 saturated carbocycles. The summed E-state index contributed by atoms with van der Waals surface area (Å²) in [7, 11) is -3.58. The van der Waals surface area contributed by atoms with Crippen molar-refractivity contribution in [3.05, 3.63) is 54.3 Å². The third-order valence-electron chi connectivity index (χ3n) is 5.75. The molecule has 0 unspecified atom stereocenters. The first-order valence-electron chi connectivity index (χ1n) is 10.3. The summed E-state index contributed by atoms with van der Waals surface area (Å²) in [5.41, 5.74) is 2.43. The van der Waals surface area contributed by atoms with Crippen LogP contribution in [0, 0.1) is 17.2 Å². The van der Waals surface area contributed by atoms with Gasteiger partial charge in [0, 0.05) is 30.0 Å². The van der Waals surface area contributed by atoms with E-state index in [0.29, 0.717) is 35.7 Å². The molecular formula is C22H20N6O4S. The van der Waals surface area contributed by atoms with Crippen LogP contribution in [0.4, 0.5) is 5.69 Å². The van der Waals surface area contributed by atoms with E-state index in [1.807, 2.05) is 12.1 Å². The highest BCUT2D eigenvalue weighted by molar-refractivity contribution is 7.91. The van der Waals surface area contributed by atoms with Crippen molar-refractivity contribution >= 4 is 26.6 Å². The molecule has 0 saturated heterocycles. The van der Waals surface area contributed by atoms with Crippen LogP contribution < -0.4 is 5.32 Å². The number of anilines is 1. The number of oxazole rings is 1. The first-order chi connectivity index (χ1) is 16.0. The van der Waals surface area contributed by atoms with E-state index in [2.05, 4.69) is 25.3 Å². The monoisotopic (exact) mass is 464 g/mol. The second-order valence-corrected chi connectivity index (χ2v) is 10.0. The highest BCUT2D eigenvalue weighted by Crippen LogP contribution is 2.38. The number of aromatic nitrogens is 4. The molecule has 4 aromatic rings. The molecule has 1 aliphatic rings. The first kappa shape index (κ1) is 21.1. The normalized spacial score (nSPS) is 18.1. The van der Waals surface area contributed by atoms with Gasteiger partial charge in [-0.05, 0) is 37.0 Å². The quantitative estimate of drug-likeness (QED) is 0.374. The number of hydrogen-bond donors (Lipinski definition) is 3. The number of nitrogens with one attached hydrogen (secondary N) is 2. The van der Waals surface area contributed by atoms with Crippen LogP contribution in [0.25, 0.3) is 22.5 Å². The lowest BCUT2D eigenvalue weighted by atomic mass is 9.81. The van der Waals surface area contributed by atoms with E-state index in [0.717, 1.165) is 11.1 Å². The summed E-state index contributed by atoms with van der Waals surface area (Å²) in [6, 6.07) is 6.70. The van der Waals surface area contributed by atoms with E-state index >= 15 is 0 Å². The molecule has 0 aliphatic heterocycles. The van der Waals surface area contributed by atoms with E-state index < -0.39 is 9.84 Å². The van der Waals surface area contributed by atoms with Crippen LogP contribution in [0.2, 0.25) is 0 Å². The first-order valence-corrected chi connectivity index (χ1v) is 12.0. The van der Waals surface area contributed by atoms with Gasteiger partial charge in [0.2, 0.25) is 5.89 Å². The smallest absolute Gasteiger partial charge is 0.230 e. The van der Waals surface area contributed by atoms with Crippen LogP contribution in [0.5, 0.6) is 0 Å². The minimum absolute atomic E-state index is 0.0184. The summed E-state index contributed by atoms with van der Waals surface area (Å²) in [6.45, 7) is -0.250. The molecule has 1 aliphatic carbocycles. The molecule has 0 aromatic carbocycles. The van der Waals surface area contributed by atoms with E-state index in [4.69, 9.17) is 9.68 Å². The number of sulfone groups is 1. The largest absolute Gasteiger partial charge is 0.439 e.